The van der Waals surface area contributed by atoms with Crippen molar-refractivity contribution in [2.75, 3.05) is 0 Å². The Hall–Kier alpha value is -3.50. The van der Waals surface area contributed by atoms with Crippen molar-refractivity contribution in [2.45, 2.75) is 0 Å². The maximum Gasteiger partial charge on any atom is 0.185 e. The number of halogens is 2. The van der Waals surface area contributed by atoms with Gasteiger partial charge in [0.15, 0.2) is 5.78 Å². The summed E-state index contributed by atoms with van der Waals surface area (Å²) in [6, 6.07) is 22.6. The molecule has 0 fully saturated rings. The predicted molar refractivity (Wildman–Crippen MR) is 114 cm³/mol. The lowest BCUT2D eigenvalue weighted by atomic mass is 10.1. The van der Waals surface area contributed by atoms with Gasteiger partial charge in [-0.1, -0.05) is 41.9 Å². The summed E-state index contributed by atoms with van der Waals surface area (Å²) in [5, 5.41) is 5.34. The monoisotopic (exact) mass is 402 g/mol. The molecule has 0 radical (unpaired) electrons. The minimum absolute atomic E-state index is 0.209. The molecule has 1 heterocycles. The normalized spacial score (nSPS) is 11.1. The van der Waals surface area contributed by atoms with Gasteiger partial charge >= 0.3 is 0 Å². The highest BCUT2D eigenvalue weighted by molar-refractivity contribution is 6.30. The first-order chi connectivity index (χ1) is 14.1. The molecule has 0 aliphatic carbocycles. The third kappa shape index (κ3) is 4.33. The van der Waals surface area contributed by atoms with E-state index in [-0.39, 0.29) is 11.6 Å². The van der Waals surface area contributed by atoms with Crippen molar-refractivity contribution < 1.29 is 9.18 Å². The Labute approximate surface area is 172 Å². The average molecular weight is 403 g/mol. The van der Waals surface area contributed by atoms with E-state index in [9.17, 15) is 9.18 Å². The minimum atomic E-state index is -0.375. The lowest BCUT2D eigenvalue weighted by Gasteiger charge is -2.01. The second-order valence-electron chi connectivity index (χ2n) is 6.42. The molecule has 0 amide bonds. The number of carbonyl (C=O) groups excluding carboxylic acids is 1. The maximum absolute atomic E-state index is 13.1. The van der Waals surface area contributed by atoms with Gasteiger partial charge in [0.05, 0.1) is 11.4 Å². The molecule has 0 N–H and O–H groups in total. The highest BCUT2D eigenvalue weighted by Crippen LogP contribution is 2.26. The van der Waals surface area contributed by atoms with Crippen molar-refractivity contribution in [1.82, 2.24) is 9.78 Å². The van der Waals surface area contributed by atoms with Crippen LogP contribution in [0.1, 0.15) is 15.9 Å². The predicted octanol–water partition coefficient (Wildman–Crippen LogP) is 6.23. The molecule has 29 heavy (non-hydrogen) atoms. The molecule has 0 saturated carbocycles. The number of ketones is 1. The number of aromatic nitrogens is 2. The van der Waals surface area contributed by atoms with Crippen LogP contribution < -0.4 is 0 Å². The van der Waals surface area contributed by atoms with Gasteiger partial charge in [-0.15, -0.1) is 0 Å². The SMILES string of the molecule is O=C(/C=C\c1cn(-c2ccccc2)nc1-c1ccc(Cl)cc1)c1ccc(F)cc1. The van der Waals surface area contributed by atoms with Gasteiger partial charge in [0.25, 0.3) is 0 Å². The Morgan fingerprint density at radius 1 is 0.931 bits per heavy atom. The van der Waals surface area contributed by atoms with Crippen molar-refractivity contribution >= 4 is 23.5 Å². The van der Waals surface area contributed by atoms with Gasteiger partial charge in [0.2, 0.25) is 0 Å². The number of hydrogen-bond acceptors (Lipinski definition) is 2. The fourth-order valence-electron chi connectivity index (χ4n) is 2.93. The summed E-state index contributed by atoms with van der Waals surface area (Å²) in [6.45, 7) is 0. The average Bonchev–Trinajstić information content (AvgIpc) is 3.18. The number of hydrogen-bond donors (Lipinski definition) is 0. The molecule has 5 heteroatoms. The summed E-state index contributed by atoms with van der Waals surface area (Å²) >= 11 is 6.01. The molecule has 3 aromatic carbocycles. The van der Waals surface area contributed by atoms with E-state index in [1.807, 2.05) is 48.7 Å². The molecule has 0 saturated heterocycles. The van der Waals surface area contributed by atoms with Gasteiger partial charge in [-0.3, -0.25) is 4.79 Å². The number of nitrogens with zero attached hydrogens (tertiary/aromatic N) is 2. The molecule has 0 aliphatic rings. The van der Waals surface area contributed by atoms with Gasteiger partial charge in [-0.05, 0) is 60.7 Å². The van der Waals surface area contributed by atoms with Crippen molar-refractivity contribution in [1.29, 1.82) is 0 Å². The molecule has 0 aliphatic heterocycles. The quantitative estimate of drug-likeness (QED) is 0.293. The van der Waals surface area contributed by atoms with E-state index in [0.717, 1.165) is 22.5 Å². The first-order valence-corrected chi connectivity index (χ1v) is 9.37. The molecule has 3 nitrogen and oxygen atoms in total. The molecule has 4 rings (SSSR count). The summed E-state index contributed by atoms with van der Waals surface area (Å²) in [5.41, 5.74) is 3.73. The third-order valence-corrected chi connectivity index (χ3v) is 4.68. The molecule has 4 aromatic rings. The lowest BCUT2D eigenvalue weighted by Crippen LogP contribution is -1.93. The van der Waals surface area contributed by atoms with Gasteiger partial charge in [0.1, 0.15) is 5.82 Å². The first kappa shape index (κ1) is 18.8. The maximum atomic E-state index is 13.1. The molecule has 0 spiro atoms. The third-order valence-electron chi connectivity index (χ3n) is 4.42. The zero-order chi connectivity index (χ0) is 20.2. The summed E-state index contributed by atoms with van der Waals surface area (Å²) < 4.78 is 14.9. The van der Waals surface area contributed by atoms with Crippen LogP contribution in [0, 0.1) is 5.82 Å². The lowest BCUT2D eigenvalue weighted by molar-refractivity contribution is 0.104. The Morgan fingerprint density at radius 2 is 1.62 bits per heavy atom. The van der Waals surface area contributed by atoms with Crippen LogP contribution in [0.25, 0.3) is 23.0 Å². The van der Waals surface area contributed by atoms with Crippen molar-refractivity contribution in [3.63, 3.8) is 0 Å². The van der Waals surface area contributed by atoms with E-state index in [1.165, 1.54) is 30.3 Å². The van der Waals surface area contributed by atoms with Gasteiger partial charge < -0.3 is 0 Å². The zero-order valence-corrected chi connectivity index (χ0v) is 16.1. The van der Waals surface area contributed by atoms with E-state index < -0.39 is 0 Å². The number of benzene rings is 3. The smallest absolute Gasteiger partial charge is 0.185 e. The summed E-state index contributed by atoms with van der Waals surface area (Å²) in [4.78, 5) is 12.4. The van der Waals surface area contributed by atoms with Crippen LogP contribution >= 0.6 is 11.6 Å². The largest absolute Gasteiger partial charge is 0.289 e. The Morgan fingerprint density at radius 3 is 2.31 bits per heavy atom. The zero-order valence-electron chi connectivity index (χ0n) is 15.3. The van der Waals surface area contributed by atoms with Crippen LogP contribution in [0.2, 0.25) is 5.02 Å². The molecule has 0 atom stereocenters. The van der Waals surface area contributed by atoms with Crippen molar-refractivity contribution in [2.24, 2.45) is 0 Å². The van der Waals surface area contributed by atoms with Crippen LogP contribution in [0.3, 0.4) is 0 Å². The Bertz CT molecular complexity index is 1160. The molecule has 0 unspecified atom stereocenters. The number of rotatable bonds is 5. The summed E-state index contributed by atoms with van der Waals surface area (Å²) in [5.74, 6) is -0.584. The number of allylic oxidation sites excluding steroid dienone is 1. The van der Waals surface area contributed by atoms with Crippen LogP contribution in [-0.4, -0.2) is 15.6 Å². The standard InChI is InChI=1S/C24H16ClFN2O/c25-20-11-6-18(7-12-20)24-19(16-28(27-24)22-4-2-1-3-5-22)10-15-23(29)17-8-13-21(26)14-9-17/h1-16H/b15-10-. The van der Waals surface area contributed by atoms with Crippen molar-refractivity contribution in [3.8, 4) is 16.9 Å². The minimum Gasteiger partial charge on any atom is -0.289 e. The van der Waals surface area contributed by atoms with E-state index in [2.05, 4.69) is 0 Å². The van der Waals surface area contributed by atoms with Crippen molar-refractivity contribution in [3.05, 3.63) is 113 Å². The fraction of sp³-hybridized carbons (Fsp3) is 0. The van der Waals surface area contributed by atoms with Crippen LogP contribution in [-0.2, 0) is 0 Å². The first-order valence-electron chi connectivity index (χ1n) is 8.99. The van der Waals surface area contributed by atoms with Gasteiger partial charge in [0, 0.05) is 27.9 Å². The Balaban J connectivity index is 1.72. The molecular formula is C24H16ClFN2O. The van der Waals surface area contributed by atoms with Gasteiger partial charge in [-0.2, -0.15) is 5.10 Å². The highest BCUT2D eigenvalue weighted by Gasteiger charge is 2.11. The van der Waals surface area contributed by atoms with Crippen LogP contribution in [0.5, 0.6) is 0 Å². The number of para-hydroxylation sites is 1. The van der Waals surface area contributed by atoms with E-state index in [0.29, 0.717) is 10.6 Å². The second-order valence-corrected chi connectivity index (χ2v) is 6.86. The molecule has 1 aromatic heterocycles. The summed E-state index contributed by atoms with van der Waals surface area (Å²) in [6.07, 6.45) is 5.06. The summed E-state index contributed by atoms with van der Waals surface area (Å²) in [7, 11) is 0. The fourth-order valence-corrected chi connectivity index (χ4v) is 3.06. The molecule has 0 bridgehead atoms. The Kier molecular flexibility index (Phi) is 5.36. The topological polar surface area (TPSA) is 34.9 Å². The van der Waals surface area contributed by atoms with Gasteiger partial charge in [-0.25, -0.2) is 9.07 Å². The van der Waals surface area contributed by atoms with Crippen LogP contribution in [0.4, 0.5) is 4.39 Å². The van der Waals surface area contributed by atoms with E-state index >= 15 is 0 Å². The molecular weight excluding hydrogens is 387 g/mol. The highest BCUT2D eigenvalue weighted by atomic mass is 35.5. The van der Waals surface area contributed by atoms with E-state index in [4.69, 9.17) is 16.7 Å². The van der Waals surface area contributed by atoms with E-state index in [1.54, 1.807) is 22.9 Å². The second kappa shape index (κ2) is 8.25. The van der Waals surface area contributed by atoms with Crippen LogP contribution in [0.15, 0.2) is 91.1 Å². The molecule has 142 valence electrons. The number of carbonyl (C=O) groups is 1.